The van der Waals surface area contributed by atoms with E-state index in [4.69, 9.17) is 20.2 Å². The zero-order valence-electron chi connectivity index (χ0n) is 51.8. The van der Waals surface area contributed by atoms with Crippen LogP contribution in [0, 0.1) is 40.0 Å². The molecule has 0 spiro atoms. The Balaban J connectivity index is 0.781. The molecule has 7 atom stereocenters. The SMILES string of the molecule is C[C@H](NC(=O)[C@@H]1C[C@@H](O)CN1C(=O)[C@@H](NC(=O)CCOCCCN1CCC[C@H]1CCc1nc(N2CC3CCC(C2)N3C(=O)OC(C)(C)C)c2cc(C(F)(F)F)c(-c3ccc(F)c4sc(N)c(C#N)c34)c(F)c2n1)C(C)(C)C)c1ccc(-c2c(F)cccc2F)cc1. The fraction of sp³-hybridized carbons (Fsp3) is 0.500. The average molecular weight is 1290 g/mol. The lowest BCUT2D eigenvalue weighted by molar-refractivity contribution is -0.144. The van der Waals surface area contributed by atoms with Crippen molar-refractivity contribution in [1.82, 2.24) is 35.3 Å². The summed E-state index contributed by atoms with van der Waals surface area (Å²) in [5, 5.41) is 26.0. The van der Waals surface area contributed by atoms with E-state index in [1.54, 1.807) is 82.5 Å². The number of aliphatic hydroxyl groups is 1. The minimum atomic E-state index is -5.15. The Morgan fingerprint density at radius 1 is 0.879 bits per heavy atom. The number of ether oxygens (including phenoxy) is 2. The number of hydrogen-bond acceptors (Lipinski definition) is 14. The summed E-state index contributed by atoms with van der Waals surface area (Å²) in [4.78, 5) is 71.7. The molecule has 4 aromatic carbocycles. The summed E-state index contributed by atoms with van der Waals surface area (Å²) in [5.74, 6) is -4.86. The second-order valence-corrected chi connectivity index (χ2v) is 27.3. The fourth-order valence-corrected chi connectivity index (χ4v) is 14.1. The van der Waals surface area contributed by atoms with Crippen LogP contribution in [0.4, 0.5) is 46.3 Å². The molecular formula is C66H75F7N10O7S. The third-order valence-corrected chi connectivity index (χ3v) is 18.6. The van der Waals surface area contributed by atoms with Crippen LogP contribution in [-0.4, -0.2) is 141 Å². The number of halogens is 7. The number of amides is 4. The highest BCUT2D eigenvalue weighted by molar-refractivity contribution is 7.23. The number of aryl methyl sites for hydroxylation is 1. The molecule has 486 valence electrons. The van der Waals surface area contributed by atoms with Crippen molar-refractivity contribution in [1.29, 1.82) is 5.26 Å². The van der Waals surface area contributed by atoms with E-state index in [-0.39, 0.29) is 112 Å². The van der Waals surface area contributed by atoms with E-state index >= 15 is 22.0 Å². The molecule has 5 N–H and O–H groups in total. The summed E-state index contributed by atoms with van der Waals surface area (Å²) in [7, 11) is 0. The van der Waals surface area contributed by atoms with E-state index in [1.807, 2.05) is 6.07 Å². The van der Waals surface area contributed by atoms with E-state index in [0.29, 0.717) is 61.3 Å². The second kappa shape index (κ2) is 26.5. The standard InChI is InChI=1S/C66H75F7N10O7S/c1-35(36-14-16-37(17-15-36)52-46(67)12-8-13-47(52)68)76-61(86)49-29-41(84)34-82(49)62(87)58(64(2,3)4)79-51(85)24-28-89-27-10-26-80-25-9-11-38(80)20-23-50-77-56-43(60(78-50)81-32-39-18-19-40(33-81)83(39)63(88)90-65(5,6)7)30-45(66(71,72)73)54(55(56)70)42-21-22-48(69)57-53(42)44(31-74)59(75)91-57/h8,12-17,21-22,30,35,38-41,49,58,84H,9-11,18-20,23-29,32-34,75H2,1-7H3,(H,76,86)(H,79,85)/t35-,38-,39?,40?,41+,49-,58+/m0/s1. The van der Waals surface area contributed by atoms with Crippen molar-refractivity contribution in [3.8, 4) is 28.3 Å². The van der Waals surface area contributed by atoms with Gasteiger partial charge in [0.15, 0.2) is 5.82 Å². The van der Waals surface area contributed by atoms with Crippen molar-refractivity contribution in [2.75, 3.05) is 56.6 Å². The molecule has 17 nitrogen and oxygen atoms in total. The van der Waals surface area contributed by atoms with Crippen LogP contribution >= 0.6 is 11.3 Å². The van der Waals surface area contributed by atoms with Gasteiger partial charge in [-0.05, 0) is 119 Å². The number of thiophene rings is 1. The third kappa shape index (κ3) is 14.2. The van der Waals surface area contributed by atoms with Crippen molar-refractivity contribution in [3.05, 3.63) is 106 Å². The lowest BCUT2D eigenvalue weighted by atomic mass is 9.85. The summed E-state index contributed by atoms with van der Waals surface area (Å²) >= 11 is 0.679. The third-order valence-electron chi connectivity index (χ3n) is 17.6. The number of nitrogens with one attached hydrogen (secondary N) is 2. The van der Waals surface area contributed by atoms with Crippen LogP contribution in [0.5, 0.6) is 0 Å². The lowest BCUT2D eigenvalue weighted by Crippen LogP contribution is -2.58. The first-order valence-corrected chi connectivity index (χ1v) is 31.5. The van der Waals surface area contributed by atoms with Gasteiger partial charge < -0.3 is 45.6 Å². The Morgan fingerprint density at radius 3 is 2.22 bits per heavy atom. The maximum Gasteiger partial charge on any atom is 0.417 e. The quantitative estimate of drug-likeness (QED) is 0.0465. The smallest absolute Gasteiger partial charge is 0.417 e. The number of nitrogens with zero attached hydrogens (tertiary/aromatic N) is 7. The Labute approximate surface area is 527 Å². The molecule has 0 aliphatic carbocycles. The van der Waals surface area contributed by atoms with Crippen molar-refractivity contribution in [2.45, 2.75) is 160 Å². The van der Waals surface area contributed by atoms with Crippen molar-refractivity contribution < 1.29 is 64.5 Å². The van der Waals surface area contributed by atoms with Gasteiger partial charge in [0.05, 0.1) is 52.2 Å². The van der Waals surface area contributed by atoms with Crippen LogP contribution in [-0.2, 0) is 36.5 Å². The van der Waals surface area contributed by atoms with Crippen LogP contribution in [0.2, 0.25) is 0 Å². The van der Waals surface area contributed by atoms with Crippen LogP contribution in [0.3, 0.4) is 0 Å². The maximum atomic E-state index is 17.7. The largest absolute Gasteiger partial charge is 0.444 e. The molecule has 6 heterocycles. The van der Waals surface area contributed by atoms with E-state index in [2.05, 4.69) is 20.5 Å². The number of carbonyl (C=O) groups is 4. The van der Waals surface area contributed by atoms with Gasteiger partial charge >= 0.3 is 12.3 Å². The molecule has 2 unspecified atom stereocenters. The molecule has 2 aromatic heterocycles. The van der Waals surface area contributed by atoms with Gasteiger partial charge in [-0.15, -0.1) is 11.3 Å². The first kappa shape index (κ1) is 66.3. The monoisotopic (exact) mass is 1280 g/mol. The second-order valence-electron chi connectivity index (χ2n) is 26.2. The number of aliphatic hydroxyl groups excluding tert-OH is 1. The Morgan fingerprint density at radius 2 is 1.57 bits per heavy atom. The number of nitrogens with two attached hydrogens (primary N) is 1. The van der Waals surface area contributed by atoms with Crippen LogP contribution in [0.15, 0.2) is 60.7 Å². The highest BCUT2D eigenvalue weighted by Crippen LogP contribution is 2.49. The van der Waals surface area contributed by atoms with Gasteiger partial charge in [0.25, 0.3) is 0 Å². The van der Waals surface area contributed by atoms with Crippen LogP contribution in [0.1, 0.15) is 128 Å². The first-order chi connectivity index (χ1) is 43.0. The number of fused-ring (bicyclic) bond motifs is 4. The zero-order valence-corrected chi connectivity index (χ0v) is 52.6. The molecule has 0 radical (unpaired) electrons. The number of piperazine rings is 1. The summed E-state index contributed by atoms with van der Waals surface area (Å²) in [6.45, 7) is 14.3. The fourth-order valence-electron chi connectivity index (χ4n) is 13.2. The van der Waals surface area contributed by atoms with Crippen molar-refractivity contribution in [3.63, 3.8) is 0 Å². The van der Waals surface area contributed by atoms with Gasteiger partial charge in [0.1, 0.15) is 63.4 Å². The Hall–Kier alpha value is -7.66. The molecule has 6 aromatic rings. The number of benzene rings is 4. The minimum Gasteiger partial charge on any atom is -0.444 e. The van der Waals surface area contributed by atoms with Gasteiger partial charge in [0.2, 0.25) is 17.7 Å². The van der Waals surface area contributed by atoms with Gasteiger partial charge in [-0.1, -0.05) is 57.2 Å². The molecule has 10 rings (SSSR count). The first-order valence-electron chi connectivity index (χ1n) is 30.7. The Bertz CT molecular complexity index is 3760. The van der Waals surface area contributed by atoms with E-state index in [1.165, 1.54) is 23.1 Å². The van der Waals surface area contributed by atoms with E-state index in [0.717, 1.165) is 37.6 Å². The highest BCUT2D eigenvalue weighted by atomic mass is 32.1. The number of β-amino-alcohol motifs (C(OH)–C–C–N with tert-alkyl or cyclic N) is 1. The lowest BCUT2D eigenvalue weighted by Gasteiger charge is -2.42. The number of nitriles is 1. The summed E-state index contributed by atoms with van der Waals surface area (Å²) in [6.07, 6.45) is -2.60. The molecular weight excluding hydrogens is 1210 g/mol. The number of rotatable bonds is 18. The highest BCUT2D eigenvalue weighted by Gasteiger charge is 2.47. The molecule has 25 heteroatoms. The van der Waals surface area contributed by atoms with Crippen LogP contribution < -0.4 is 21.3 Å². The van der Waals surface area contributed by atoms with Crippen LogP contribution in [0.25, 0.3) is 43.2 Å². The van der Waals surface area contributed by atoms with Crippen molar-refractivity contribution in [2.24, 2.45) is 5.41 Å². The van der Waals surface area contributed by atoms with Crippen molar-refractivity contribution >= 4 is 67.0 Å². The van der Waals surface area contributed by atoms with E-state index < -0.39 is 105 Å². The predicted octanol–water partition coefficient (Wildman–Crippen LogP) is 11.4. The molecule has 4 aliphatic rings. The molecule has 0 saturated carbocycles. The van der Waals surface area contributed by atoms with Gasteiger partial charge in [-0.25, -0.2) is 32.3 Å². The number of nitrogen functional groups attached to an aromatic ring is 1. The summed E-state index contributed by atoms with van der Waals surface area (Å²) in [5.41, 5.74) is 1.94. The number of anilines is 2. The molecule has 4 aliphatic heterocycles. The maximum absolute atomic E-state index is 17.7. The number of aromatic nitrogens is 2. The topological polar surface area (TPSA) is 220 Å². The average Bonchev–Trinajstić information content (AvgIpc) is 1.70. The molecule has 4 amide bonds. The minimum absolute atomic E-state index is 0.0206. The van der Waals surface area contributed by atoms with E-state index in [9.17, 15) is 38.3 Å². The number of likely N-dealkylation sites (tertiary alicyclic amines) is 2. The van der Waals surface area contributed by atoms with Gasteiger partial charge in [-0.3, -0.25) is 19.3 Å². The normalized spacial score (nSPS) is 20.3. The summed E-state index contributed by atoms with van der Waals surface area (Å²) < 4.78 is 120. The molecule has 91 heavy (non-hydrogen) atoms. The molecule has 2 bridgehead atoms. The molecule has 4 fully saturated rings. The predicted molar refractivity (Wildman–Crippen MR) is 330 cm³/mol. The van der Waals surface area contributed by atoms with Gasteiger partial charge in [0, 0.05) is 74.4 Å². The summed E-state index contributed by atoms with van der Waals surface area (Å²) in [6, 6.07) is 11.2. The number of alkyl halides is 3. The number of hydrogen-bond donors (Lipinski definition) is 4. The molecule has 4 saturated heterocycles. The van der Waals surface area contributed by atoms with Gasteiger partial charge in [-0.2, -0.15) is 18.4 Å². The Kier molecular flexibility index (Phi) is 19.3. The zero-order chi connectivity index (χ0) is 65.6. The number of carbonyl (C=O) groups excluding carboxylic acids is 4.